The maximum absolute atomic E-state index is 13.7. The van der Waals surface area contributed by atoms with Crippen LogP contribution in [-0.2, 0) is 4.79 Å². The van der Waals surface area contributed by atoms with Crippen molar-refractivity contribution < 1.29 is 9.18 Å². The van der Waals surface area contributed by atoms with Crippen molar-refractivity contribution in [3.8, 4) is 0 Å². The predicted molar refractivity (Wildman–Crippen MR) is 112 cm³/mol. The topological polar surface area (TPSA) is 56.7 Å². The molecular formula is C18H30FIN4O. The summed E-state index contributed by atoms with van der Waals surface area (Å²) in [6, 6.07) is 5.05. The fourth-order valence-corrected chi connectivity index (χ4v) is 1.91. The van der Waals surface area contributed by atoms with Crippen LogP contribution in [0.15, 0.2) is 23.2 Å². The Balaban J connectivity index is 0.00000576. The van der Waals surface area contributed by atoms with Gasteiger partial charge in [-0.25, -0.2) is 9.38 Å². The number of carbonyl (C=O) groups excluding carboxylic acids is 1. The summed E-state index contributed by atoms with van der Waals surface area (Å²) < 4.78 is 13.7. The van der Waals surface area contributed by atoms with E-state index in [2.05, 4.69) is 29.5 Å². The maximum Gasteiger partial charge on any atom is 0.243 e. The van der Waals surface area contributed by atoms with Crippen LogP contribution >= 0.6 is 24.0 Å². The van der Waals surface area contributed by atoms with Crippen molar-refractivity contribution in [3.05, 3.63) is 35.1 Å². The molecule has 0 saturated carbocycles. The van der Waals surface area contributed by atoms with Crippen LogP contribution in [0.1, 0.15) is 37.9 Å². The molecule has 0 aliphatic rings. The third-order valence-electron chi connectivity index (χ3n) is 3.60. The lowest BCUT2D eigenvalue weighted by atomic mass is 10.1. The number of aryl methyl sites for hydroxylation is 1. The highest BCUT2D eigenvalue weighted by atomic mass is 127. The fourth-order valence-electron chi connectivity index (χ4n) is 1.91. The zero-order valence-corrected chi connectivity index (χ0v) is 18.2. The summed E-state index contributed by atoms with van der Waals surface area (Å²) in [7, 11) is 3.40. The molecule has 1 amide bonds. The summed E-state index contributed by atoms with van der Waals surface area (Å²) in [6.45, 7) is 8.65. The Hall–Kier alpha value is -1.38. The highest BCUT2D eigenvalue weighted by Gasteiger charge is 2.11. The quantitative estimate of drug-likeness (QED) is 0.387. The molecule has 2 N–H and O–H groups in total. The number of likely N-dealkylation sites (N-methyl/N-ethyl adjacent to an activating group) is 1. The predicted octanol–water partition coefficient (Wildman–Crippen LogP) is 3.09. The number of carbonyl (C=O) groups is 1. The van der Waals surface area contributed by atoms with Crippen molar-refractivity contribution >= 4 is 35.8 Å². The van der Waals surface area contributed by atoms with E-state index >= 15 is 0 Å². The van der Waals surface area contributed by atoms with E-state index in [4.69, 9.17) is 0 Å². The molecule has 1 rings (SSSR count). The van der Waals surface area contributed by atoms with Crippen LogP contribution in [0.25, 0.3) is 0 Å². The Morgan fingerprint density at radius 1 is 1.28 bits per heavy atom. The summed E-state index contributed by atoms with van der Waals surface area (Å²) in [6.07, 6.45) is 0. The van der Waals surface area contributed by atoms with E-state index in [0.29, 0.717) is 17.4 Å². The smallest absolute Gasteiger partial charge is 0.243 e. The number of halogens is 2. The van der Waals surface area contributed by atoms with Crippen LogP contribution < -0.4 is 10.6 Å². The van der Waals surface area contributed by atoms with Crippen LogP contribution in [0.3, 0.4) is 0 Å². The molecule has 1 unspecified atom stereocenters. The highest BCUT2D eigenvalue weighted by Crippen LogP contribution is 2.16. The molecule has 7 heteroatoms. The lowest BCUT2D eigenvalue weighted by molar-refractivity contribution is -0.127. The largest absolute Gasteiger partial charge is 0.356 e. The van der Waals surface area contributed by atoms with Crippen LogP contribution in [0.2, 0.25) is 0 Å². The normalized spacial score (nSPS) is 12.4. The van der Waals surface area contributed by atoms with Gasteiger partial charge in [0.05, 0.1) is 6.04 Å². The molecule has 0 bridgehead atoms. The van der Waals surface area contributed by atoms with Gasteiger partial charge in [-0.05, 0) is 37.0 Å². The van der Waals surface area contributed by atoms with Crippen molar-refractivity contribution in [2.75, 3.05) is 27.2 Å². The van der Waals surface area contributed by atoms with E-state index in [1.807, 2.05) is 13.0 Å². The van der Waals surface area contributed by atoms with Crippen LogP contribution in [0.4, 0.5) is 4.39 Å². The molecule has 0 radical (unpaired) electrons. The molecule has 5 nitrogen and oxygen atoms in total. The number of hydrogen-bond acceptors (Lipinski definition) is 2. The number of benzene rings is 1. The van der Waals surface area contributed by atoms with Gasteiger partial charge in [-0.2, -0.15) is 0 Å². The molecule has 0 aliphatic carbocycles. The molecule has 1 aromatic carbocycles. The zero-order valence-electron chi connectivity index (χ0n) is 15.9. The molecule has 0 saturated heterocycles. The molecule has 25 heavy (non-hydrogen) atoms. The second-order valence-electron chi connectivity index (χ2n) is 6.60. The maximum atomic E-state index is 13.7. The van der Waals surface area contributed by atoms with Gasteiger partial charge in [0.1, 0.15) is 12.4 Å². The number of aliphatic imine (C=N–C) groups is 1. The molecule has 0 heterocycles. The molecule has 1 aromatic rings. The minimum Gasteiger partial charge on any atom is -0.356 e. The minimum absolute atomic E-state index is 0. The van der Waals surface area contributed by atoms with E-state index in [0.717, 1.165) is 12.1 Å². The first-order valence-corrected chi connectivity index (χ1v) is 8.21. The van der Waals surface area contributed by atoms with E-state index in [1.165, 1.54) is 11.0 Å². The Kier molecular flexibility index (Phi) is 10.7. The number of nitrogens with one attached hydrogen (secondary N) is 2. The Labute approximate surface area is 167 Å². The van der Waals surface area contributed by atoms with Gasteiger partial charge < -0.3 is 15.5 Å². The van der Waals surface area contributed by atoms with Crippen molar-refractivity contribution in [2.45, 2.75) is 33.7 Å². The number of amides is 1. The molecule has 142 valence electrons. The van der Waals surface area contributed by atoms with E-state index < -0.39 is 0 Å². The summed E-state index contributed by atoms with van der Waals surface area (Å²) >= 11 is 0. The fraction of sp³-hybridized carbons (Fsp3) is 0.556. The molecule has 0 aliphatic heterocycles. The minimum atomic E-state index is -0.224. The number of hydrogen-bond donors (Lipinski definition) is 2. The van der Waals surface area contributed by atoms with Crippen LogP contribution in [0, 0.1) is 18.7 Å². The summed E-state index contributed by atoms with van der Waals surface area (Å²) in [5.41, 5.74) is 1.45. The first-order chi connectivity index (χ1) is 11.2. The second-order valence-corrected chi connectivity index (χ2v) is 6.60. The average molecular weight is 464 g/mol. The standard InChI is InChI=1S/C18H29FN4O.HI/c1-12(2)10-20-18(21-11-17(24)23(5)6)22-14(4)15-8-7-13(3)16(19)9-15;/h7-9,12,14H,10-11H2,1-6H3,(H2,20,21,22);1H. The van der Waals surface area contributed by atoms with Gasteiger partial charge in [-0.1, -0.05) is 26.0 Å². The van der Waals surface area contributed by atoms with Crippen LogP contribution in [-0.4, -0.2) is 44.0 Å². The monoisotopic (exact) mass is 464 g/mol. The Bertz CT molecular complexity index is 590. The van der Waals surface area contributed by atoms with Crippen molar-refractivity contribution in [3.63, 3.8) is 0 Å². The Morgan fingerprint density at radius 2 is 1.92 bits per heavy atom. The SMILES string of the molecule is Cc1ccc(C(C)NC(=NCC(=O)N(C)C)NCC(C)C)cc1F.I. The lowest BCUT2D eigenvalue weighted by Crippen LogP contribution is -2.41. The summed E-state index contributed by atoms with van der Waals surface area (Å²) in [5.74, 6) is 0.688. The Morgan fingerprint density at radius 3 is 2.44 bits per heavy atom. The number of guanidine groups is 1. The van der Waals surface area contributed by atoms with Gasteiger partial charge in [0, 0.05) is 20.6 Å². The van der Waals surface area contributed by atoms with E-state index in [1.54, 1.807) is 27.1 Å². The molecule has 0 aromatic heterocycles. The van der Waals surface area contributed by atoms with Crippen molar-refractivity contribution in [1.29, 1.82) is 0 Å². The molecule has 0 spiro atoms. The summed E-state index contributed by atoms with van der Waals surface area (Å²) in [5, 5.41) is 6.45. The molecule has 1 atom stereocenters. The van der Waals surface area contributed by atoms with Crippen molar-refractivity contribution in [2.24, 2.45) is 10.9 Å². The molecule has 0 fully saturated rings. The number of rotatable bonds is 6. The van der Waals surface area contributed by atoms with Gasteiger partial charge in [0.15, 0.2) is 5.96 Å². The van der Waals surface area contributed by atoms with Gasteiger partial charge in [-0.3, -0.25) is 4.79 Å². The van der Waals surface area contributed by atoms with Gasteiger partial charge in [0.2, 0.25) is 5.91 Å². The first kappa shape index (κ1) is 23.6. The highest BCUT2D eigenvalue weighted by molar-refractivity contribution is 14.0. The third-order valence-corrected chi connectivity index (χ3v) is 3.60. The first-order valence-electron chi connectivity index (χ1n) is 8.21. The lowest BCUT2D eigenvalue weighted by Gasteiger charge is -2.20. The van der Waals surface area contributed by atoms with Gasteiger partial charge >= 0.3 is 0 Å². The third kappa shape index (κ3) is 8.51. The number of nitrogens with zero attached hydrogens (tertiary/aromatic N) is 2. The van der Waals surface area contributed by atoms with E-state index in [-0.39, 0.29) is 48.3 Å². The van der Waals surface area contributed by atoms with Crippen LogP contribution in [0.5, 0.6) is 0 Å². The zero-order chi connectivity index (χ0) is 18.3. The van der Waals surface area contributed by atoms with Gasteiger partial charge in [0.25, 0.3) is 0 Å². The van der Waals surface area contributed by atoms with Crippen molar-refractivity contribution in [1.82, 2.24) is 15.5 Å². The second kappa shape index (κ2) is 11.3. The van der Waals surface area contributed by atoms with E-state index in [9.17, 15) is 9.18 Å². The summed E-state index contributed by atoms with van der Waals surface area (Å²) in [4.78, 5) is 17.6. The average Bonchev–Trinajstić information content (AvgIpc) is 2.51. The molecular weight excluding hydrogens is 434 g/mol. The van der Waals surface area contributed by atoms with Gasteiger partial charge in [-0.15, -0.1) is 24.0 Å².